The SMILES string of the molecule is COc1ccccc1OCCNC(=O)CN(c1cc(C)ccc1OC)S(C)(=O)=O. The Morgan fingerprint density at radius 2 is 1.69 bits per heavy atom. The molecule has 2 aromatic carbocycles. The van der Waals surface area contributed by atoms with Gasteiger partial charge in [-0.2, -0.15) is 0 Å². The van der Waals surface area contributed by atoms with Crippen molar-refractivity contribution in [2.45, 2.75) is 6.92 Å². The minimum absolute atomic E-state index is 0.207. The molecule has 0 radical (unpaired) electrons. The molecule has 1 amide bonds. The van der Waals surface area contributed by atoms with Crippen molar-refractivity contribution in [1.29, 1.82) is 0 Å². The maximum atomic E-state index is 12.4. The number of methoxy groups -OCH3 is 2. The summed E-state index contributed by atoms with van der Waals surface area (Å²) in [6.07, 6.45) is 1.05. The minimum atomic E-state index is -3.70. The van der Waals surface area contributed by atoms with Gasteiger partial charge in [0.15, 0.2) is 11.5 Å². The lowest BCUT2D eigenvalue weighted by atomic mass is 10.2. The molecule has 0 aliphatic heterocycles. The molecule has 0 spiro atoms. The van der Waals surface area contributed by atoms with Crippen LogP contribution >= 0.6 is 0 Å². The standard InChI is InChI=1S/C20H26N2O6S/c1-15-9-10-17(26-2)16(13-15)22(29(4,24)25)14-20(23)21-11-12-28-19-8-6-5-7-18(19)27-3/h5-10,13H,11-12,14H2,1-4H3,(H,21,23). The lowest BCUT2D eigenvalue weighted by Crippen LogP contribution is -2.41. The summed E-state index contributed by atoms with van der Waals surface area (Å²) in [6, 6.07) is 12.3. The number of benzene rings is 2. The largest absolute Gasteiger partial charge is 0.495 e. The number of carbonyl (C=O) groups is 1. The fourth-order valence-corrected chi connectivity index (χ4v) is 3.50. The van der Waals surface area contributed by atoms with Crippen LogP contribution in [0.5, 0.6) is 17.2 Å². The zero-order valence-corrected chi connectivity index (χ0v) is 17.8. The van der Waals surface area contributed by atoms with Gasteiger partial charge in [-0.15, -0.1) is 0 Å². The topological polar surface area (TPSA) is 94.2 Å². The van der Waals surface area contributed by atoms with Crippen LogP contribution < -0.4 is 23.8 Å². The summed E-state index contributed by atoms with van der Waals surface area (Å²) in [5, 5.41) is 2.66. The first kappa shape index (κ1) is 22.4. The van der Waals surface area contributed by atoms with Gasteiger partial charge in [0.05, 0.1) is 32.7 Å². The van der Waals surface area contributed by atoms with E-state index in [2.05, 4.69) is 5.32 Å². The zero-order chi connectivity index (χ0) is 21.4. The summed E-state index contributed by atoms with van der Waals surface area (Å²) in [4.78, 5) is 12.4. The van der Waals surface area contributed by atoms with Gasteiger partial charge in [-0.25, -0.2) is 8.42 Å². The van der Waals surface area contributed by atoms with E-state index in [9.17, 15) is 13.2 Å². The Kier molecular flexibility index (Phi) is 7.72. The highest BCUT2D eigenvalue weighted by atomic mass is 32.2. The summed E-state index contributed by atoms with van der Waals surface area (Å²) < 4.78 is 41.6. The molecule has 0 saturated heterocycles. The highest BCUT2D eigenvalue weighted by Crippen LogP contribution is 2.30. The smallest absolute Gasteiger partial charge is 0.240 e. The molecule has 29 heavy (non-hydrogen) atoms. The van der Waals surface area contributed by atoms with Gasteiger partial charge < -0.3 is 19.5 Å². The van der Waals surface area contributed by atoms with E-state index >= 15 is 0 Å². The summed E-state index contributed by atoms with van der Waals surface area (Å²) in [5.74, 6) is 1.07. The third-order valence-corrected chi connectivity index (χ3v) is 5.17. The molecule has 0 saturated carbocycles. The van der Waals surface area contributed by atoms with E-state index in [1.54, 1.807) is 37.4 Å². The van der Waals surface area contributed by atoms with E-state index in [-0.39, 0.29) is 19.7 Å². The molecule has 0 unspecified atom stereocenters. The van der Waals surface area contributed by atoms with Gasteiger partial charge in [-0.3, -0.25) is 9.10 Å². The van der Waals surface area contributed by atoms with Crippen LogP contribution in [-0.2, 0) is 14.8 Å². The number of para-hydroxylation sites is 2. The van der Waals surface area contributed by atoms with Crippen LogP contribution in [0.1, 0.15) is 5.56 Å². The molecule has 0 atom stereocenters. The van der Waals surface area contributed by atoms with Crippen LogP contribution in [-0.4, -0.2) is 54.5 Å². The van der Waals surface area contributed by atoms with Crippen molar-refractivity contribution in [3.05, 3.63) is 48.0 Å². The number of nitrogens with zero attached hydrogens (tertiary/aromatic N) is 1. The fourth-order valence-electron chi connectivity index (χ4n) is 2.65. The third kappa shape index (κ3) is 6.28. The van der Waals surface area contributed by atoms with Gasteiger partial charge >= 0.3 is 0 Å². The van der Waals surface area contributed by atoms with E-state index in [0.717, 1.165) is 16.1 Å². The lowest BCUT2D eigenvalue weighted by Gasteiger charge is -2.24. The number of carbonyl (C=O) groups excluding carboxylic acids is 1. The maximum absolute atomic E-state index is 12.4. The average molecular weight is 423 g/mol. The molecule has 8 nitrogen and oxygen atoms in total. The number of hydrogen-bond donors (Lipinski definition) is 1. The van der Waals surface area contributed by atoms with E-state index in [4.69, 9.17) is 14.2 Å². The predicted molar refractivity (Wildman–Crippen MR) is 111 cm³/mol. The van der Waals surface area contributed by atoms with E-state index < -0.39 is 15.9 Å². The van der Waals surface area contributed by atoms with Gasteiger partial charge in [0.25, 0.3) is 0 Å². The number of nitrogens with one attached hydrogen (secondary N) is 1. The number of sulfonamides is 1. The average Bonchev–Trinajstić information content (AvgIpc) is 2.68. The summed E-state index contributed by atoms with van der Waals surface area (Å²) in [5.41, 5.74) is 1.16. The molecule has 0 aliphatic carbocycles. The van der Waals surface area contributed by atoms with Crippen molar-refractivity contribution < 1.29 is 27.4 Å². The van der Waals surface area contributed by atoms with E-state index in [0.29, 0.717) is 22.9 Å². The molecule has 158 valence electrons. The maximum Gasteiger partial charge on any atom is 0.240 e. The normalized spacial score (nSPS) is 10.9. The molecule has 0 fully saturated rings. The van der Waals surface area contributed by atoms with Crippen LogP contribution in [0.2, 0.25) is 0 Å². The van der Waals surface area contributed by atoms with Gasteiger partial charge in [0.1, 0.15) is 18.9 Å². The van der Waals surface area contributed by atoms with Crippen LogP contribution in [0.4, 0.5) is 5.69 Å². The zero-order valence-electron chi connectivity index (χ0n) is 17.0. The van der Waals surface area contributed by atoms with Crippen molar-refractivity contribution in [3.63, 3.8) is 0 Å². The summed E-state index contributed by atoms with van der Waals surface area (Å²) in [6.45, 7) is 1.88. The number of aryl methyl sites for hydroxylation is 1. The number of hydrogen-bond acceptors (Lipinski definition) is 6. The first-order chi connectivity index (χ1) is 13.8. The highest BCUT2D eigenvalue weighted by Gasteiger charge is 2.24. The second-order valence-corrected chi connectivity index (χ2v) is 8.20. The van der Waals surface area contributed by atoms with Crippen molar-refractivity contribution >= 4 is 21.6 Å². The predicted octanol–water partition coefficient (Wildman–Crippen LogP) is 1.97. The molecule has 0 heterocycles. The van der Waals surface area contributed by atoms with Crippen LogP contribution in [0, 0.1) is 6.92 Å². The van der Waals surface area contributed by atoms with Crippen molar-refractivity contribution in [3.8, 4) is 17.2 Å². The van der Waals surface area contributed by atoms with Gasteiger partial charge in [-0.05, 0) is 36.8 Å². The Bertz CT molecular complexity index is 946. The first-order valence-electron chi connectivity index (χ1n) is 8.91. The number of anilines is 1. The van der Waals surface area contributed by atoms with Crippen LogP contribution in [0.25, 0.3) is 0 Å². The van der Waals surface area contributed by atoms with Crippen molar-refractivity contribution in [2.75, 3.05) is 44.5 Å². The first-order valence-corrected chi connectivity index (χ1v) is 10.8. The number of rotatable bonds is 10. The van der Waals surface area contributed by atoms with Gasteiger partial charge in [0.2, 0.25) is 15.9 Å². The quantitative estimate of drug-likeness (QED) is 0.589. The van der Waals surface area contributed by atoms with Gasteiger partial charge in [-0.1, -0.05) is 18.2 Å². The molecular weight excluding hydrogens is 396 g/mol. The van der Waals surface area contributed by atoms with Gasteiger partial charge in [0, 0.05) is 0 Å². The molecule has 1 N–H and O–H groups in total. The fraction of sp³-hybridized carbons (Fsp3) is 0.350. The number of amides is 1. The Labute approximate surface area is 171 Å². The van der Waals surface area contributed by atoms with E-state index in [1.165, 1.54) is 7.11 Å². The molecular formula is C20H26N2O6S. The molecule has 0 bridgehead atoms. The molecule has 0 aliphatic rings. The second kappa shape index (κ2) is 10.0. The molecule has 9 heteroatoms. The van der Waals surface area contributed by atoms with Crippen LogP contribution in [0.3, 0.4) is 0 Å². The van der Waals surface area contributed by atoms with Crippen molar-refractivity contribution in [2.24, 2.45) is 0 Å². The van der Waals surface area contributed by atoms with E-state index in [1.807, 2.05) is 19.1 Å². The molecule has 0 aromatic heterocycles. The van der Waals surface area contributed by atoms with Crippen LogP contribution in [0.15, 0.2) is 42.5 Å². The summed E-state index contributed by atoms with van der Waals surface area (Å²) in [7, 11) is -0.707. The van der Waals surface area contributed by atoms with Crippen molar-refractivity contribution in [1.82, 2.24) is 5.32 Å². The molecule has 2 aromatic rings. The minimum Gasteiger partial charge on any atom is -0.495 e. The summed E-state index contributed by atoms with van der Waals surface area (Å²) >= 11 is 0. The monoisotopic (exact) mass is 422 g/mol. The highest BCUT2D eigenvalue weighted by molar-refractivity contribution is 7.92. The Hall–Kier alpha value is -2.94. The number of ether oxygens (including phenoxy) is 3. The lowest BCUT2D eigenvalue weighted by molar-refractivity contribution is -0.119. The third-order valence-electron chi connectivity index (χ3n) is 4.04. The molecule has 2 rings (SSSR count). The Morgan fingerprint density at radius 3 is 2.31 bits per heavy atom. The Balaban J connectivity index is 2.00. The Morgan fingerprint density at radius 1 is 1.03 bits per heavy atom. The second-order valence-electron chi connectivity index (χ2n) is 6.29.